The number of ether oxygens (including phenoxy) is 1. The Morgan fingerprint density at radius 3 is 2.57 bits per heavy atom. The van der Waals surface area contributed by atoms with Gasteiger partial charge in [-0.05, 0) is 43.2 Å². The molecule has 1 saturated carbocycles. The molecule has 7 nitrogen and oxygen atoms in total. The van der Waals surface area contributed by atoms with Crippen molar-refractivity contribution in [2.45, 2.75) is 53.4 Å². The molecule has 1 aliphatic carbocycles. The summed E-state index contributed by atoms with van der Waals surface area (Å²) in [5.74, 6) is -1.17. The zero-order chi connectivity index (χ0) is 25.4. The number of anilines is 1. The monoisotopic (exact) mass is 496 g/mol. The average molecular weight is 497 g/mol. The van der Waals surface area contributed by atoms with E-state index in [1.54, 1.807) is 13.0 Å². The number of hydrogen-bond acceptors (Lipinski definition) is 6. The summed E-state index contributed by atoms with van der Waals surface area (Å²) in [7, 11) is 0. The quantitative estimate of drug-likeness (QED) is 0.404. The summed E-state index contributed by atoms with van der Waals surface area (Å²) in [6.07, 6.45) is 1.93. The molecule has 2 aromatic rings. The van der Waals surface area contributed by atoms with Crippen LogP contribution in [-0.4, -0.2) is 41.7 Å². The van der Waals surface area contributed by atoms with Gasteiger partial charge >= 0.3 is 5.97 Å². The van der Waals surface area contributed by atoms with E-state index in [4.69, 9.17) is 4.74 Å². The van der Waals surface area contributed by atoms with Gasteiger partial charge < -0.3 is 10.1 Å². The van der Waals surface area contributed by atoms with Gasteiger partial charge in [-0.25, -0.2) is 4.79 Å². The molecule has 1 aromatic carbocycles. The Kier molecular flexibility index (Phi) is 6.86. The average Bonchev–Trinajstić information content (AvgIpc) is 3.32. The minimum absolute atomic E-state index is 0.120. The number of carbonyl (C=O) groups excluding carboxylic acids is 4. The summed E-state index contributed by atoms with van der Waals surface area (Å²) in [5.41, 5.74) is 0.357. The predicted octanol–water partition coefficient (Wildman–Crippen LogP) is 5.12. The van der Waals surface area contributed by atoms with Gasteiger partial charge in [0.25, 0.3) is 0 Å². The van der Waals surface area contributed by atoms with Gasteiger partial charge in [-0.3, -0.25) is 19.3 Å². The SMILES string of the molecule is CCOC(=O)c1cc(-c2ccccc2)sc1NC(=O)CCCN1C(=O)C2CCC(C)(C1=O)C2(C)C. The molecule has 2 heterocycles. The van der Waals surface area contributed by atoms with Crippen molar-refractivity contribution < 1.29 is 23.9 Å². The fourth-order valence-corrected chi connectivity index (χ4v) is 6.36. The smallest absolute Gasteiger partial charge is 0.341 e. The Bertz CT molecular complexity index is 1160. The molecule has 3 amide bonds. The molecule has 186 valence electrons. The third-order valence-corrected chi connectivity index (χ3v) is 8.93. The Labute approximate surface area is 209 Å². The standard InChI is InChI=1S/C27H32N2O5S/c1-5-34-24(32)18-16-20(17-10-7-6-8-11-17)35-22(18)28-21(30)12-9-15-29-23(31)19-13-14-27(4,25(29)33)26(19,2)3/h6-8,10-11,16,19H,5,9,12-15H2,1-4H3,(H,28,30). The first kappa shape index (κ1) is 25.1. The fraction of sp³-hybridized carbons (Fsp3) is 0.481. The minimum atomic E-state index is -0.548. The molecule has 2 aliphatic rings. The van der Waals surface area contributed by atoms with Gasteiger partial charge in [0.05, 0.1) is 17.6 Å². The normalized spacial score (nSPS) is 22.9. The maximum absolute atomic E-state index is 13.2. The van der Waals surface area contributed by atoms with E-state index >= 15 is 0 Å². The summed E-state index contributed by atoms with van der Waals surface area (Å²) < 4.78 is 5.17. The fourth-order valence-electron chi connectivity index (χ4n) is 5.29. The van der Waals surface area contributed by atoms with Crippen LogP contribution in [0.15, 0.2) is 36.4 Å². The van der Waals surface area contributed by atoms with Crippen molar-refractivity contribution in [2.24, 2.45) is 16.7 Å². The van der Waals surface area contributed by atoms with E-state index in [1.807, 2.05) is 51.1 Å². The maximum atomic E-state index is 13.2. The van der Waals surface area contributed by atoms with Crippen LogP contribution in [0.4, 0.5) is 5.00 Å². The lowest BCUT2D eigenvalue weighted by atomic mass is 9.62. The third-order valence-electron chi connectivity index (χ3n) is 7.83. The highest BCUT2D eigenvalue weighted by atomic mass is 32.1. The van der Waals surface area contributed by atoms with E-state index in [0.29, 0.717) is 23.4 Å². The van der Waals surface area contributed by atoms with E-state index in [1.165, 1.54) is 16.2 Å². The van der Waals surface area contributed by atoms with Gasteiger partial charge in [0.15, 0.2) is 0 Å². The molecule has 2 bridgehead atoms. The number of thiophene rings is 1. The summed E-state index contributed by atoms with van der Waals surface area (Å²) >= 11 is 1.31. The van der Waals surface area contributed by atoms with E-state index in [2.05, 4.69) is 5.32 Å². The number of amides is 3. The molecular weight excluding hydrogens is 464 g/mol. The number of nitrogens with zero attached hydrogens (tertiary/aromatic N) is 1. The van der Waals surface area contributed by atoms with E-state index < -0.39 is 11.4 Å². The van der Waals surface area contributed by atoms with Crippen LogP contribution in [0.2, 0.25) is 0 Å². The maximum Gasteiger partial charge on any atom is 0.341 e. The second-order valence-corrected chi connectivity index (χ2v) is 11.1. The first-order valence-electron chi connectivity index (χ1n) is 12.1. The molecule has 2 unspecified atom stereocenters. The first-order chi connectivity index (χ1) is 16.6. The predicted molar refractivity (Wildman–Crippen MR) is 135 cm³/mol. The van der Waals surface area contributed by atoms with Crippen LogP contribution in [0.3, 0.4) is 0 Å². The van der Waals surface area contributed by atoms with Gasteiger partial charge in [0.2, 0.25) is 17.7 Å². The second kappa shape index (κ2) is 9.57. The molecule has 1 aromatic heterocycles. The summed E-state index contributed by atoms with van der Waals surface area (Å²) in [6.45, 7) is 8.17. The molecule has 0 spiro atoms. The number of carbonyl (C=O) groups is 4. The van der Waals surface area contributed by atoms with Gasteiger partial charge in [-0.2, -0.15) is 0 Å². The first-order valence-corrected chi connectivity index (χ1v) is 12.9. The molecule has 1 saturated heterocycles. The molecule has 8 heteroatoms. The van der Waals surface area contributed by atoms with Gasteiger partial charge in [-0.15, -0.1) is 11.3 Å². The van der Waals surface area contributed by atoms with Crippen LogP contribution in [0.1, 0.15) is 63.7 Å². The number of rotatable bonds is 8. The molecule has 35 heavy (non-hydrogen) atoms. The molecule has 4 rings (SSSR count). The second-order valence-electron chi connectivity index (χ2n) is 10.0. The number of hydrogen-bond donors (Lipinski definition) is 1. The van der Waals surface area contributed by atoms with E-state index in [9.17, 15) is 19.2 Å². The molecule has 0 radical (unpaired) electrons. The number of esters is 1. The van der Waals surface area contributed by atoms with Gasteiger partial charge in [0.1, 0.15) is 5.00 Å². The lowest BCUT2D eigenvalue weighted by Gasteiger charge is -2.47. The number of fused-ring (bicyclic) bond motifs is 2. The Morgan fingerprint density at radius 1 is 1.17 bits per heavy atom. The van der Waals surface area contributed by atoms with Crippen molar-refractivity contribution in [3.63, 3.8) is 0 Å². The van der Waals surface area contributed by atoms with Crippen molar-refractivity contribution in [3.8, 4) is 10.4 Å². The van der Waals surface area contributed by atoms with Crippen LogP contribution in [0, 0.1) is 16.7 Å². The third kappa shape index (κ3) is 4.40. The zero-order valence-electron chi connectivity index (χ0n) is 20.7. The zero-order valence-corrected chi connectivity index (χ0v) is 21.5. The van der Waals surface area contributed by atoms with Crippen LogP contribution >= 0.6 is 11.3 Å². The molecule has 1 aliphatic heterocycles. The van der Waals surface area contributed by atoms with E-state index in [0.717, 1.165) is 16.9 Å². The van der Waals surface area contributed by atoms with Crippen molar-refractivity contribution in [1.82, 2.24) is 4.90 Å². The van der Waals surface area contributed by atoms with Crippen molar-refractivity contribution >= 4 is 40.0 Å². The van der Waals surface area contributed by atoms with Crippen molar-refractivity contribution in [1.29, 1.82) is 0 Å². The van der Waals surface area contributed by atoms with E-state index in [-0.39, 0.29) is 48.6 Å². The number of likely N-dealkylation sites (tertiary alicyclic amines) is 1. The van der Waals surface area contributed by atoms with Gasteiger partial charge in [-0.1, -0.05) is 51.1 Å². The molecule has 2 fully saturated rings. The highest BCUT2D eigenvalue weighted by Gasteiger charge is 2.64. The van der Waals surface area contributed by atoms with Crippen molar-refractivity contribution in [2.75, 3.05) is 18.5 Å². The Morgan fingerprint density at radius 2 is 1.89 bits per heavy atom. The number of imide groups is 1. The summed E-state index contributed by atoms with van der Waals surface area (Å²) in [4.78, 5) is 53.6. The minimum Gasteiger partial charge on any atom is -0.462 e. The Hall–Kier alpha value is -3.00. The summed E-state index contributed by atoms with van der Waals surface area (Å²) in [5, 5.41) is 3.28. The molecule has 1 N–H and O–H groups in total. The van der Waals surface area contributed by atoms with Crippen LogP contribution in [-0.2, 0) is 19.1 Å². The lowest BCUT2D eigenvalue weighted by molar-refractivity contribution is -0.168. The number of piperidine rings is 1. The Balaban J connectivity index is 1.42. The largest absolute Gasteiger partial charge is 0.462 e. The molecule has 2 atom stereocenters. The topological polar surface area (TPSA) is 92.8 Å². The van der Waals surface area contributed by atoms with Gasteiger partial charge in [0, 0.05) is 23.8 Å². The number of benzene rings is 1. The van der Waals surface area contributed by atoms with Crippen LogP contribution < -0.4 is 5.32 Å². The van der Waals surface area contributed by atoms with Crippen LogP contribution in [0.25, 0.3) is 10.4 Å². The highest BCUT2D eigenvalue weighted by Crippen LogP contribution is 2.60. The van der Waals surface area contributed by atoms with Crippen molar-refractivity contribution in [3.05, 3.63) is 42.0 Å². The molecular formula is C27H32N2O5S. The highest BCUT2D eigenvalue weighted by molar-refractivity contribution is 7.20. The lowest BCUT2D eigenvalue weighted by Crippen LogP contribution is -2.59. The van der Waals surface area contributed by atoms with Crippen LogP contribution in [0.5, 0.6) is 0 Å². The summed E-state index contributed by atoms with van der Waals surface area (Å²) in [6, 6.07) is 11.3. The number of nitrogens with one attached hydrogen (secondary N) is 1.